The van der Waals surface area contributed by atoms with Crippen LogP contribution in [0.2, 0.25) is 0 Å². The van der Waals surface area contributed by atoms with Gasteiger partial charge in [0.05, 0.1) is 0 Å². The summed E-state index contributed by atoms with van der Waals surface area (Å²) in [6, 6.07) is 21.3. The Morgan fingerprint density at radius 1 is 0.889 bits per heavy atom. The molecule has 18 heavy (non-hydrogen) atoms. The first-order chi connectivity index (χ1) is 8.90. The molecule has 0 spiro atoms. The Hall–Kier alpha value is -1.82. The monoisotopic (exact) mass is 236 g/mol. The van der Waals surface area contributed by atoms with E-state index in [0.29, 0.717) is 0 Å². The summed E-state index contributed by atoms with van der Waals surface area (Å²) >= 11 is 0. The molecule has 0 amide bonds. The lowest BCUT2D eigenvalue weighted by atomic mass is 9.88. The highest BCUT2D eigenvalue weighted by atomic mass is 14.2. The van der Waals surface area contributed by atoms with Crippen molar-refractivity contribution < 1.29 is 0 Å². The highest BCUT2D eigenvalue weighted by Gasteiger charge is 1.98. The highest BCUT2D eigenvalue weighted by molar-refractivity contribution is 5.42. The number of hydrogen-bond acceptors (Lipinski definition) is 0. The van der Waals surface area contributed by atoms with Crippen LogP contribution in [0.1, 0.15) is 37.3 Å². The van der Waals surface area contributed by atoms with Crippen molar-refractivity contribution in [3.63, 3.8) is 0 Å². The standard InChI is InChI=1S/C18H20/c1-2-3-12-18(17-13-8-5-9-14-17)15-16-10-6-4-7-11-16/h4-11,13-15H,2-3,12H2,1H3/q-2. The Balaban J connectivity index is 2.10. The lowest BCUT2D eigenvalue weighted by molar-refractivity contribution is 0.751. The fourth-order valence-corrected chi connectivity index (χ4v) is 2.07. The average molecular weight is 236 g/mol. The van der Waals surface area contributed by atoms with Crippen LogP contribution in [0, 0.1) is 12.3 Å². The summed E-state index contributed by atoms with van der Waals surface area (Å²) in [5.41, 5.74) is 2.63. The molecule has 0 heterocycles. The fraction of sp³-hybridized carbons (Fsp3) is 0.222. The molecule has 0 atom stereocenters. The maximum absolute atomic E-state index is 2.31. The molecule has 2 aromatic rings. The van der Waals surface area contributed by atoms with Crippen LogP contribution >= 0.6 is 0 Å². The van der Waals surface area contributed by atoms with Crippen molar-refractivity contribution in [1.29, 1.82) is 0 Å². The minimum atomic E-state index is 1.15. The second-order valence-corrected chi connectivity index (χ2v) is 4.55. The van der Waals surface area contributed by atoms with Crippen LogP contribution < -0.4 is 0 Å². The fourth-order valence-electron chi connectivity index (χ4n) is 2.07. The average Bonchev–Trinajstić information content (AvgIpc) is 2.45. The van der Waals surface area contributed by atoms with Crippen LogP contribution in [0.3, 0.4) is 0 Å². The quantitative estimate of drug-likeness (QED) is 0.615. The van der Waals surface area contributed by atoms with Crippen LogP contribution in [0.25, 0.3) is 0 Å². The SMILES string of the molecule is CCCC[C-]([CH-]c1ccccc1)c1ccccc1. The van der Waals surface area contributed by atoms with E-state index in [1.807, 2.05) is 0 Å². The van der Waals surface area contributed by atoms with Crippen molar-refractivity contribution in [3.8, 4) is 0 Å². The molecule has 0 aliphatic rings. The van der Waals surface area contributed by atoms with Crippen molar-refractivity contribution in [2.45, 2.75) is 26.2 Å². The summed E-state index contributed by atoms with van der Waals surface area (Å²) in [5.74, 6) is 1.43. The predicted molar refractivity (Wildman–Crippen MR) is 78.2 cm³/mol. The third-order valence-electron chi connectivity index (χ3n) is 3.08. The van der Waals surface area contributed by atoms with E-state index >= 15 is 0 Å². The first-order valence-corrected chi connectivity index (χ1v) is 6.71. The molecule has 0 aromatic heterocycles. The van der Waals surface area contributed by atoms with E-state index in [0.717, 1.165) is 6.42 Å². The first-order valence-electron chi connectivity index (χ1n) is 6.71. The molecule has 2 aromatic carbocycles. The Bertz CT molecular complexity index is 430. The zero-order chi connectivity index (χ0) is 12.6. The Morgan fingerprint density at radius 3 is 2.11 bits per heavy atom. The highest BCUT2D eigenvalue weighted by Crippen LogP contribution is 2.26. The smallest absolute Gasteiger partial charge is 0.0569 e. The van der Waals surface area contributed by atoms with E-state index < -0.39 is 0 Å². The van der Waals surface area contributed by atoms with Gasteiger partial charge in [-0.1, -0.05) is 38.3 Å². The van der Waals surface area contributed by atoms with Crippen LogP contribution in [-0.4, -0.2) is 0 Å². The Labute approximate surface area is 111 Å². The van der Waals surface area contributed by atoms with Gasteiger partial charge in [0.15, 0.2) is 0 Å². The Kier molecular flexibility index (Phi) is 4.78. The molecule has 0 saturated heterocycles. The Morgan fingerprint density at radius 2 is 1.50 bits per heavy atom. The molecule has 0 N–H and O–H groups in total. The molecule has 2 rings (SSSR count). The third-order valence-corrected chi connectivity index (χ3v) is 3.08. The van der Waals surface area contributed by atoms with Gasteiger partial charge in [-0.3, -0.25) is 0 Å². The molecular formula is C18H20-2. The van der Waals surface area contributed by atoms with Gasteiger partial charge < -0.3 is 0 Å². The van der Waals surface area contributed by atoms with Gasteiger partial charge in [0.25, 0.3) is 0 Å². The van der Waals surface area contributed by atoms with Gasteiger partial charge in [0.1, 0.15) is 0 Å². The van der Waals surface area contributed by atoms with Crippen molar-refractivity contribution in [1.82, 2.24) is 0 Å². The maximum atomic E-state index is 2.31. The van der Waals surface area contributed by atoms with E-state index in [2.05, 4.69) is 74.0 Å². The van der Waals surface area contributed by atoms with Crippen LogP contribution in [0.4, 0.5) is 0 Å². The van der Waals surface area contributed by atoms with Crippen LogP contribution in [-0.2, 0) is 0 Å². The number of benzene rings is 2. The van der Waals surface area contributed by atoms with Crippen LogP contribution in [0.15, 0.2) is 60.7 Å². The van der Waals surface area contributed by atoms with Gasteiger partial charge in [-0.2, -0.15) is 35.4 Å². The molecule has 0 unspecified atom stereocenters. The number of unbranched alkanes of at least 4 members (excludes halogenated alkanes) is 1. The normalized spacial score (nSPS) is 10.1. The van der Waals surface area contributed by atoms with Gasteiger partial charge in [-0.15, -0.1) is 24.3 Å². The van der Waals surface area contributed by atoms with E-state index in [-0.39, 0.29) is 0 Å². The maximum Gasteiger partial charge on any atom is -0.0569 e. The zero-order valence-corrected chi connectivity index (χ0v) is 11.0. The summed E-state index contributed by atoms with van der Waals surface area (Å²) < 4.78 is 0. The minimum absolute atomic E-state index is 1.15. The minimum Gasteiger partial charge on any atom is -0.216 e. The van der Waals surface area contributed by atoms with Crippen molar-refractivity contribution in [2.24, 2.45) is 0 Å². The van der Waals surface area contributed by atoms with Gasteiger partial charge in [-0.05, 0) is 0 Å². The predicted octanol–water partition coefficient (Wildman–Crippen LogP) is 5.05. The third kappa shape index (κ3) is 3.59. The topological polar surface area (TPSA) is 0 Å². The summed E-state index contributed by atoms with van der Waals surface area (Å²) in [6.45, 7) is 2.24. The molecule has 0 nitrogen and oxygen atoms in total. The van der Waals surface area contributed by atoms with Crippen molar-refractivity contribution in [2.75, 3.05) is 0 Å². The lowest BCUT2D eigenvalue weighted by Crippen LogP contribution is -2.02. The van der Waals surface area contributed by atoms with E-state index in [9.17, 15) is 0 Å². The van der Waals surface area contributed by atoms with E-state index in [1.54, 1.807) is 0 Å². The summed E-state index contributed by atoms with van der Waals surface area (Å²) in [4.78, 5) is 0. The summed E-state index contributed by atoms with van der Waals surface area (Å²) in [7, 11) is 0. The molecule has 94 valence electrons. The summed E-state index contributed by atoms with van der Waals surface area (Å²) in [5, 5.41) is 0. The van der Waals surface area contributed by atoms with Gasteiger partial charge in [0.2, 0.25) is 0 Å². The first kappa shape index (κ1) is 12.6. The molecule has 0 aliphatic carbocycles. The second kappa shape index (κ2) is 6.80. The lowest BCUT2D eigenvalue weighted by Gasteiger charge is -2.31. The van der Waals surface area contributed by atoms with Crippen molar-refractivity contribution >= 4 is 0 Å². The largest absolute Gasteiger partial charge is 0.216 e. The molecule has 0 saturated carbocycles. The molecule has 0 fully saturated rings. The number of hydrogen-bond donors (Lipinski definition) is 0. The van der Waals surface area contributed by atoms with Crippen molar-refractivity contribution in [3.05, 3.63) is 84.1 Å². The molecular weight excluding hydrogens is 216 g/mol. The van der Waals surface area contributed by atoms with Gasteiger partial charge in [0, 0.05) is 0 Å². The number of rotatable bonds is 6. The van der Waals surface area contributed by atoms with Gasteiger partial charge >= 0.3 is 0 Å². The zero-order valence-electron chi connectivity index (χ0n) is 11.0. The van der Waals surface area contributed by atoms with E-state index in [4.69, 9.17) is 0 Å². The summed E-state index contributed by atoms with van der Waals surface area (Å²) in [6.07, 6.45) is 5.94. The molecule has 0 radical (unpaired) electrons. The van der Waals surface area contributed by atoms with Gasteiger partial charge in [-0.25, -0.2) is 12.3 Å². The molecule has 0 heteroatoms. The second-order valence-electron chi connectivity index (χ2n) is 4.55. The van der Waals surface area contributed by atoms with Crippen LogP contribution in [0.5, 0.6) is 0 Å². The molecule has 0 aliphatic heterocycles. The van der Waals surface area contributed by atoms with E-state index in [1.165, 1.54) is 29.9 Å². The molecule has 0 bridgehead atoms.